The first-order valence-corrected chi connectivity index (χ1v) is 3.48. The fourth-order valence-electron chi connectivity index (χ4n) is 0.663. The predicted octanol–water partition coefficient (Wildman–Crippen LogP) is 0.0301. The molecule has 0 atom stereocenters. The molecule has 13 heavy (non-hydrogen) atoms. The van der Waals surface area contributed by atoms with Crippen molar-refractivity contribution in [2.75, 3.05) is 7.05 Å². The highest BCUT2D eigenvalue weighted by molar-refractivity contribution is 14.0. The molecule has 1 rings (SSSR count). The van der Waals surface area contributed by atoms with Gasteiger partial charge in [0.1, 0.15) is 11.4 Å². The third-order valence-corrected chi connectivity index (χ3v) is 1.42. The van der Waals surface area contributed by atoms with E-state index in [0.717, 1.165) is 11.4 Å². The number of aliphatic imine (C=N–C) groups is 1. The normalized spacial score (nSPS) is 10.8. The number of aromatic nitrogens is 2. The Morgan fingerprint density at radius 3 is 2.77 bits per heavy atom. The van der Waals surface area contributed by atoms with Gasteiger partial charge in [-0.3, -0.25) is 4.99 Å². The van der Waals surface area contributed by atoms with Gasteiger partial charge in [0.15, 0.2) is 5.96 Å². The number of halogens is 1. The SMILES string of the molecule is CN=C(N)NCc1nonc1C.I. The third-order valence-electron chi connectivity index (χ3n) is 1.42. The van der Waals surface area contributed by atoms with Crippen molar-refractivity contribution in [1.29, 1.82) is 0 Å². The Bertz CT molecular complexity index is 284. The molecule has 74 valence electrons. The fraction of sp³-hybridized carbons (Fsp3) is 0.500. The van der Waals surface area contributed by atoms with Crippen molar-refractivity contribution in [3.8, 4) is 0 Å². The van der Waals surface area contributed by atoms with Gasteiger partial charge in [0.25, 0.3) is 0 Å². The van der Waals surface area contributed by atoms with Gasteiger partial charge in [-0.1, -0.05) is 10.3 Å². The maximum absolute atomic E-state index is 5.40. The van der Waals surface area contributed by atoms with Crippen LogP contribution in [0, 0.1) is 6.92 Å². The molecule has 3 N–H and O–H groups in total. The molecular weight excluding hydrogens is 285 g/mol. The number of hydrogen-bond donors (Lipinski definition) is 2. The van der Waals surface area contributed by atoms with E-state index < -0.39 is 0 Å². The highest BCUT2D eigenvalue weighted by Crippen LogP contribution is 1.98. The van der Waals surface area contributed by atoms with Gasteiger partial charge >= 0.3 is 0 Å². The molecule has 0 amide bonds. The Hall–Kier alpha value is -0.860. The van der Waals surface area contributed by atoms with Gasteiger partial charge < -0.3 is 11.1 Å². The predicted molar refractivity (Wildman–Crippen MR) is 58.8 cm³/mol. The Balaban J connectivity index is 0.00000144. The van der Waals surface area contributed by atoms with Crippen molar-refractivity contribution in [2.24, 2.45) is 10.7 Å². The number of hydrogen-bond acceptors (Lipinski definition) is 4. The number of guanidine groups is 1. The molecule has 0 aliphatic heterocycles. The summed E-state index contributed by atoms with van der Waals surface area (Å²) in [4.78, 5) is 3.72. The van der Waals surface area contributed by atoms with Crippen LogP contribution >= 0.6 is 24.0 Å². The van der Waals surface area contributed by atoms with Crippen LogP contribution in [0.5, 0.6) is 0 Å². The largest absolute Gasteiger partial charge is 0.370 e. The summed E-state index contributed by atoms with van der Waals surface area (Å²) in [5.41, 5.74) is 6.89. The van der Waals surface area contributed by atoms with E-state index in [1.54, 1.807) is 7.05 Å². The minimum absolute atomic E-state index is 0. The van der Waals surface area contributed by atoms with Gasteiger partial charge in [0, 0.05) is 7.05 Å². The Morgan fingerprint density at radius 2 is 2.31 bits per heavy atom. The molecule has 0 radical (unpaired) electrons. The first kappa shape index (κ1) is 12.1. The zero-order valence-electron chi connectivity index (χ0n) is 7.44. The lowest BCUT2D eigenvalue weighted by Crippen LogP contribution is -2.31. The van der Waals surface area contributed by atoms with Crippen LogP contribution in [-0.4, -0.2) is 23.3 Å². The molecule has 1 aromatic rings. The molecule has 1 aromatic heterocycles. The van der Waals surface area contributed by atoms with Crippen LogP contribution in [0.15, 0.2) is 9.62 Å². The van der Waals surface area contributed by atoms with Crippen molar-refractivity contribution in [1.82, 2.24) is 15.6 Å². The second-order valence-electron chi connectivity index (χ2n) is 2.26. The van der Waals surface area contributed by atoms with E-state index in [9.17, 15) is 0 Å². The van der Waals surface area contributed by atoms with E-state index in [2.05, 4.69) is 25.3 Å². The Morgan fingerprint density at radius 1 is 1.62 bits per heavy atom. The first-order chi connectivity index (χ1) is 5.74. The molecular formula is C6H12IN5O. The van der Waals surface area contributed by atoms with Gasteiger partial charge in [-0.05, 0) is 6.92 Å². The minimum Gasteiger partial charge on any atom is -0.370 e. The van der Waals surface area contributed by atoms with Gasteiger partial charge in [0.2, 0.25) is 0 Å². The molecule has 0 fully saturated rings. The number of aryl methyl sites for hydroxylation is 1. The summed E-state index contributed by atoms with van der Waals surface area (Å²) in [5.74, 6) is 0.373. The zero-order valence-corrected chi connectivity index (χ0v) is 9.77. The average molecular weight is 297 g/mol. The second kappa shape index (κ2) is 5.73. The Kier molecular flexibility index (Phi) is 5.35. The summed E-state index contributed by atoms with van der Waals surface area (Å²) in [6.07, 6.45) is 0. The first-order valence-electron chi connectivity index (χ1n) is 3.48. The summed E-state index contributed by atoms with van der Waals surface area (Å²) >= 11 is 0. The molecule has 6 nitrogen and oxygen atoms in total. The lowest BCUT2D eigenvalue weighted by molar-refractivity contribution is 0.301. The number of nitrogens with zero attached hydrogens (tertiary/aromatic N) is 3. The van der Waals surface area contributed by atoms with Crippen molar-refractivity contribution in [3.63, 3.8) is 0 Å². The summed E-state index contributed by atoms with van der Waals surface area (Å²) < 4.78 is 4.49. The molecule has 0 unspecified atom stereocenters. The summed E-state index contributed by atoms with van der Waals surface area (Å²) in [6.45, 7) is 2.30. The molecule has 0 saturated carbocycles. The van der Waals surface area contributed by atoms with Gasteiger partial charge in [-0.15, -0.1) is 24.0 Å². The van der Waals surface area contributed by atoms with E-state index in [1.165, 1.54) is 0 Å². The molecule has 0 aliphatic rings. The highest BCUT2D eigenvalue weighted by atomic mass is 127. The molecule has 7 heteroatoms. The molecule has 0 aromatic carbocycles. The van der Waals surface area contributed by atoms with Crippen molar-refractivity contribution in [3.05, 3.63) is 11.4 Å². The van der Waals surface area contributed by atoms with Crippen molar-refractivity contribution >= 4 is 29.9 Å². The van der Waals surface area contributed by atoms with Gasteiger partial charge in [0.05, 0.1) is 6.54 Å². The lowest BCUT2D eigenvalue weighted by Gasteiger charge is -2.00. The number of rotatable bonds is 2. The van der Waals surface area contributed by atoms with Crippen LogP contribution in [0.1, 0.15) is 11.4 Å². The van der Waals surface area contributed by atoms with Gasteiger partial charge in [-0.2, -0.15) is 0 Å². The molecule has 0 saturated heterocycles. The molecule has 0 bridgehead atoms. The van der Waals surface area contributed by atoms with Crippen LogP contribution in [0.25, 0.3) is 0 Å². The van der Waals surface area contributed by atoms with E-state index >= 15 is 0 Å². The molecule has 1 heterocycles. The van der Waals surface area contributed by atoms with E-state index in [4.69, 9.17) is 5.73 Å². The standard InChI is InChI=1S/C6H11N5O.HI/c1-4-5(11-12-10-4)3-9-6(7)8-2;/h3H2,1-2H3,(H3,7,8,9);1H. The van der Waals surface area contributed by atoms with Gasteiger partial charge in [-0.25, -0.2) is 4.63 Å². The van der Waals surface area contributed by atoms with Crippen LogP contribution < -0.4 is 11.1 Å². The van der Waals surface area contributed by atoms with Crippen LogP contribution in [0.3, 0.4) is 0 Å². The molecule has 0 aliphatic carbocycles. The lowest BCUT2D eigenvalue weighted by atomic mass is 10.3. The van der Waals surface area contributed by atoms with Crippen molar-refractivity contribution in [2.45, 2.75) is 13.5 Å². The third kappa shape index (κ3) is 3.57. The number of nitrogens with two attached hydrogens (primary N) is 1. The van der Waals surface area contributed by atoms with E-state index in [1.807, 2.05) is 6.92 Å². The summed E-state index contributed by atoms with van der Waals surface area (Å²) in [5, 5.41) is 10.1. The van der Waals surface area contributed by atoms with Crippen LogP contribution in [0.2, 0.25) is 0 Å². The average Bonchev–Trinajstić information content (AvgIpc) is 2.47. The minimum atomic E-state index is 0. The number of nitrogens with one attached hydrogen (secondary N) is 1. The maximum Gasteiger partial charge on any atom is 0.188 e. The second-order valence-corrected chi connectivity index (χ2v) is 2.26. The monoisotopic (exact) mass is 297 g/mol. The van der Waals surface area contributed by atoms with Crippen LogP contribution in [-0.2, 0) is 6.54 Å². The van der Waals surface area contributed by atoms with E-state index in [-0.39, 0.29) is 24.0 Å². The quantitative estimate of drug-likeness (QED) is 0.457. The summed E-state index contributed by atoms with van der Waals surface area (Å²) in [6, 6.07) is 0. The summed E-state index contributed by atoms with van der Waals surface area (Å²) in [7, 11) is 1.61. The Labute approximate surface area is 93.0 Å². The van der Waals surface area contributed by atoms with E-state index in [0.29, 0.717) is 12.5 Å². The topological polar surface area (TPSA) is 89.3 Å². The maximum atomic E-state index is 5.40. The fourth-order valence-corrected chi connectivity index (χ4v) is 0.663. The van der Waals surface area contributed by atoms with Crippen molar-refractivity contribution < 1.29 is 4.63 Å². The highest BCUT2D eigenvalue weighted by Gasteiger charge is 2.03. The smallest absolute Gasteiger partial charge is 0.188 e. The molecule has 0 spiro atoms. The zero-order chi connectivity index (χ0) is 8.97. The van der Waals surface area contributed by atoms with Crippen LogP contribution in [0.4, 0.5) is 0 Å².